The van der Waals surface area contributed by atoms with Gasteiger partial charge in [0.1, 0.15) is 30.0 Å². The predicted octanol–water partition coefficient (Wildman–Crippen LogP) is 3.79. The number of likely N-dealkylation sites (N-methyl/N-ethyl adjacent to an activating group) is 1. The first-order valence-electron chi connectivity index (χ1n) is 19.5. The molecule has 314 valence electrons. The van der Waals surface area contributed by atoms with E-state index in [1.54, 1.807) is 71.3 Å². The summed E-state index contributed by atoms with van der Waals surface area (Å²) in [6.07, 6.45) is 0.205. The maximum absolute atomic E-state index is 14.0. The minimum absolute atomic E-state index is 0.0520. The highest BCUT2D eigenvalue weighted by molar-refractivity contribution is 5.98. The van der Waals surface area contributed by atoms with Crippen molar-refractivity contribution in [2.45, 2.75) is 94.8 Å². The molecule has 0 unspecified atom stereocenters. The second-order valence-corrected chi connectivity index (χ2v) is 15.7. The second kappa shape index (κ2) is 19.4. The van der Waals surface area contributed by atoms with Crippen molar-refractivity contribution in [3.05, 3.63) is 125 Å². The molecule has 1 heterocycles. The number of benzene rings is 3. The summed E-state index contributed by atoms with van der Waals surface area (Å²) in [4.78, 5) is 67.0. The molecule has 0 aromatic heterocycles. The Labute approximate surface area is 344 Å². The fourth-order valence-corrected chi connectivity index (χ4v) is 6.67. The van der Waals surface area contributed by atoms with Gasteiger partial charge in [0, 0.05) is 49.7 Å². The van der Waals surface area contributed by atoms with Crippen molar-refractivity contribution in [2.24, 2.45) is 0 Å². The number of aliphatic hydroxyl groups is 2. The van der Waals surface area contributed by atoms with E-state index in [1.165, 1.54) is 17.9 Å². The molecule has 5 rings (SSSR count). The normalized spacial score (nSPS) is 20.0. The standard InChI is InChI=1S/C45H53N3O11/c1-28(50)39(42(54)46-34(27-49)22-24-38(52)58-44(2,3)4)47-41(53)31-25-35(56-43(55)30-20-17-29(18-21-30)19-23-37(51)48(5)6)40-36(26-31)57-45(59-40,32-13-9-7-10-14-32)33-15-11-8-12-16-33/h7-21,23,26,28,34-36,39-40,49-50H,22,24-25,27H2,1-6H3,(H,46,54)(H,47,53)/t28-,34-,35+,36+,39+,40-/m0/s1. The summed E-state index contributed by atoms with van der Waals surface area (Å²) in [5.74, 6) is -4.37. The number of amides is 3. The van der Waals surface area contributed by atoms with E-state index >= 15 is 0 Å². The van der Waals surface area contributed by atoms with Crippen LogP contribution in [0.1, 0.15) is 74.0 Å². The molecule has 1 saturated heterocycles. The number of fused-ring (bicyclic) bond motifs is 1. The maximum atomic E-state index is 14.0. The number of carbonyl (C=O) groups is 5. The largest absolute Gasteiger partial charge is 0.460 e. The summed E-state index contributed by atoms with van der Waals surface area (Å²) < 4.78 is 25.0. The zero-order chi connectivity index (χ0) is 42.9. The molecule has 6 atom stereocenters. The van der Waals surface area contributed by atoms with Crippen LogP contribution in [0.2, 0.25) is 0 Å². The molecule has 59 heavy (non-hydrogen) atoms. The van der Waals surface area contributed by atoms with E-state index in [9.17, 15) is 34.2 Å². The lowest BCUT2D eigenvalue weighted by molar-refractivity contribution is -0.157. The second-order valence-electron chi connectivity index (χ2n) is 15.7. The summed E-state index contributed by atoms with van der Waals surface area (Å²) in [5.41, 5.74) is 1.63. The topological polar surface area (TPSA) is 190 Å². The molecule has 1 fully saturated rings. The van der Waals surface area contributed by atoms with Crippen molar-refractivity contribution in [1.82, 2.24) is 15.5 Å². The Balaban J connectivity index is 1.40. The summed E-state index contributed by atoms with van der Waals surface area (Å²) in [5, 5.41) is 25.8. The first kappa shape index (κ1) is 44.4. The van der Waals surface area contributed by atoms with E-state index in [0.717, 1.165) is 0 Å². The molecule has 0 saturated carbocycles. The van der Waals surface area contributed by atoms with Crippen LogP contribution in [0.3, 0.4) is 0 Å². The van der Waals surface area contributed by atoms with Crippen LogP contribution in [0, 0.1) is 0 Å². The van der Waals surface area contributed by atoms with Crippen LogP contribution >= 0.6 is 0 Å². The number of nitrogens with one attached hydrogen (secondary N) is 2. The lowest BCUT2D eigenvalue weighted by Gasteiger charge is -2.32. The van der Waals surface area contributed by atoms with Crippen molar-refractivity contribution in [2.75, 3.05) is 20.7 Å². The molecule has 3 aromatic rings. The zero-order valence-electron chi connectivity index (χ0n) is 34.1. The van der Waals surface area contributed by atoms with Gasteiger partial charge >= 0.3 is 11.9 Å². The molecule has 1 aliphatic carbocycles. The van der Waals surface area contributed by atoms with Gasteiger partial charge in [0.2, 0.25) is 23.5 Å². The van der Waals surface area contributed by atoms with Crippen molar-refractivity contribution in [1.29, 1.82) is 0 Å². The molecule has 3 aromatic carbocycles. The van der Waals surface area contributed by atoms with Gasteiger partial charge in [-0.1, -0.05) is 72.8 Å². The third-order valence-corrected chi connectivity index (χ3v) is 9.68. The average molecular weight is 812 g/mol. The summed E-state index contributed by atoms with van der Waals surface area (Å²) in [6, 6.07) is 22.6. The van der Waals surface area contributed by atoms with Gasteiger partial charge in [-0.15, -0.1) is 0 Å². The van der Waals surface area contributed by atoms with E-state index in [0.29, 0.717) is 16.7 Å². The zero-order valence-corrected chi connectivity index (χ0v) is 34.1. The van der Waals surface area contributed by atoms with Gasteiger partial charge in [0.05, 0.1) is 24.3 Å². The van der Waals surface area contributed by atoms with E-state index in [-0.39, 0.29) is 36.3 Å². The molecule has 2 aliphatic rings. The van der Waals surface area contributed by atoms with Crippen molar-refractivity contribution < 1.29 is 53.1 Å². The first-order chi connectivity index (χ1) is 28.0. The molecule has 1 aliphatic heterocycles. The monoisotopic (exact) mass is 811 g/mol. The fraction of sp³-hybridized carbons (Fsp3) is 0.400. The Morgan fingerprint density at radius 3 is 2.07 bits per heavy atom. The number of carbonyl (C=O) groups excluding carboxylic acids is 5. The van der Waals surface area contributed by atoms with Gasteiger partial charge in [0.15, 0.2) is 0 Å². The average Bonchev–Trinajstić information content (AvgIpc) is 3.61. The number of aliphatic hydroxyl groups excluding tert-OH is 2. The Morgan fingerprint density at radius 1 is 0.915 bits per heavy atom. The quantitative estimate of drug-likeness (QED) is 0.129. The van der Waals surface area contributed by atoms with Gasteiger partial charge in [-0.2, -0.15) is 0 Å². The molecule has 3 amide bonds. The van der Waals surface area contributed by atoms with Crippen LogP contribution in [-0.2, 0) is 43.9 Å². The highest BCUT2D eigenvalue weighted by Crippen LogP contribution is 2.47. The number of rotatable bonds is 15. The third kappa shape index (κ3) is 11.5. The molecular weight excluding hydrogens is 759 g/mol. The van der Waals surface area contributed by atoms with Crippen LogP contribution < -0.4 is 10.6 Å². The molecule has 14 heteroatoms. The summed E-state index contributed by atoms with van der Waals surface area (Å²) in [7, 11) is 3.28. The van der Waals surface area contributed by atoms with Crippen LogP contribution in [0.5, 0.6) is 0 Å². The van der Waals surface area contributed by atoms with Crippen molar-refractivity contribution >= 4 is 35.7 Å². The van der Waals surface area contributed by atoms with Crippen molar-refractivity contribution in [3.63, 3.8) is 0 Å². The van der Waals surface area contributed by atoms with Crippen LogP contribution in [0.25, 0.3) is 6.08 Å². The maximum Gasteiger partial charge on any atom is 0.338 e. The van der Waals surface area contributed by atoms with E-state index in [4.69, 9.17) is 18.9 Å². The van der Waals surface area contributed by atoms with Gasteiger partial charge in [0.25, 0.3) is 0 Å². The van der Waals surface area contributed by atoms with Crippen LogP contribution in [0.15, 0.2) is 103 Å². The number of hydrogen-bond acceptors (Lipinski definition) is 11. The Kier molecular flexibility index (Phi) is 14.6. The van der Waals surface area contributed by atoms with Gasteiger partial charge in [-0.25, -0.2) is 4.79 Å². The predicted molar refractivity (Wildman–Crippen MR) is 217 cm³/mol. The highest BCUT2D eigenvalue weighted by Gasteiger charge is 2.55. The van der Waals surface area contributed by atoms with Gasteiger partial charge in [-0.05, 0) is 64.0 Å². The fourth-order valence-electron chi connectivity index (χ4n) is 6.67. The van der Waals surface area contributed by atoms with Gasteiger partial charge < -0.3 is 44.7 Å². The highest BCUT2D eigenvalue weighted by atomic mass is 16.8. The van der Waals surface area contributed by atoms with E-state index in [1.807, 2.05) is 60.7 Å². The smallest absolute Gasteiger partial charge is 0.338 e. The Morgan fingerprint density at radius 2 is 1.53 bits per heavy atom. The number of esters is 2. The number of hydrogen-bond donors (Lipinski definition) is 4. The van der Waals surface area contributed by atoms with E-state index in [2.05, 4.69) is 10.6 Å². The Bertz CT molecular complexity index is 1970. The van der Waals surface area contributed by atoms with Crippen LogP contribution in [0.4, 0.5) is 0 Å². The molecule has 0 spiro atoms. The lowest BCUT2D eigenvalue weighted by Crippen LogP contribution is -2.55. The summed E-state index contributed by atoms with van der Waals surface area (Å²) in [6.45, 7) is 6.01. The minimum atomic E-state index is -1.47. The molecule has 4 N–H and O–H groups in total. The first-order valence-corrected chi connectivity index (χ1v) is 19.5. The third-order valence-electron chi connectivity index (χ3n) is 9.68. The Hall–Kier alpha value is -5.67. The minimum Gasteiger partial charge on any atom is -0.460 e. The molecule has 0 bridgehead atoms. The summed E-state index contributed by atoms with van der Waals surface area (Å²) >= 11 is 0. The molecule has 0 radical (unpaired) electrons. The molecular formula is C45H53N3O11. The van der Waals surface area contributed by atoms with E-state index < -0.39 is 78.2 Å². The molecule has 14 nitrogen and oxygen atoms in total. The van der Waals surface area contributed by atoms with Gasteiger partial charge in [-0.3, -0.25) is 19.2 Å². The number of nitrogens with zero attached hydrogens (tertiary/aromatic N) is 1. The number of ether oxygens (including phenoxy) is 4. The lowest BCUT2D eigenvalue weighted by atomic mass is 9.91. The SMILES string of the molecule is C[C@H](O)[C@@H](NC(=O)C1=C[C@H]2OC(c3ccccc3)(c3ccccc3)O[C@H]2[C@H](OC(=O)c2ccc(C=CC(=O)N(C)C)cc2)C1)C(=O)N[C@H](CO)CCC(=O)OC(C)(C)C. The van der Waals surface area contributed by atoms with Crippen LogP contribution in [-0.4, -0.2) is 108 Å². The van der Waals surface area contributed by atoms with Crippen molar-refractivity contribution in [3.8, 4) is 0 Å².